The molecule has 0 aliphatic carbocycles. The molecule has 2 aromatic carbocycles. The number of benzene rings is 2. The third-order valence-corrected chi connectivity index (χ3v) is 8.63. The minimum Gasteiger partial charge on any atom is -0.394 e. The molecule has 0 fully saturated rings. The number of alkyl halides is 6. The molecule has 3 aromatic rings. The third kappa shape index (κ3) is 5.78. The minimum absolute atomic E-state index is 0.0428. The van der Waals surface area contributed by atoms with Crippen molar-refractivity contribution in [3.8, 4) is 0 Å². The van der Waals surface area contributed by atoms with Gasteiger partial charge in [0.15, 0.2) is 0 Å². The van der Waals surface area contributed by atoms with Gasteiger partial charge < -0.3 is 15.3 Å². The molecule has 2 heterocycles. The van der Waals surface area contributed by atoms with Gasteiger partial charge in [-0.3, -0.25) is 8.99 Å². The lowest BCUT2D eigenvalue weighted by atomic mass is 9.87. The summed E-state index contributed by atoms with van der Waals surface area (Å²) in [5.74, 6) is -0.738. The molecule has 16 heteroatoms. The van der Waals surface area contributed by atoms with Crippen molar-refractivity contribution in [2.75, 3.05) is 10.9 Å². The molecule has 3 N–H and O–H groups in total. The second-order valence-electron chi connectivity index (χ2n) is 9.57. The number of rotatable bonds is 8. The minimum atomic E-state index is -6.13. The Hall–Kier alpha value is -3.21. The first-order valence-electron chi connectivity index (χ1n) is 12.1. The molecular formula is C25H24F7N3O5S. The van der Waals surface area contributed by atoms with Crippen LogP contribution in [-0.2, 0) is 35.0 Å². The number of aryl methyl sites for hydroxylation is 1. The van der Waals surface area contributed by atoms with E-state index < -0.39 is 58.1 Å². The first kappa shape index (κ1) is 30.7. The number of anilines is 1. The van der Waals surface area contributed by atoms with E-state index in [1.54, 1.807) is 0 Å². The number of aliphatic hydroxyl groups is 3. The summed E-state index contributed by atoms with van der Waals surface area (Å²) < 4.78 is 124. The molecule has 0 amide bonds. The smallest absolute Gasteiger partial charge is 0.394 e. The fraction of sp³-hybridized carbons (Fsp3) is 0.400. The Morgan fingerprint density at radius 1 is 1.00 bits per heavy atom. The molecule has 1 aliphatic rings. The fourth-order valence-electron chi connectivity index (χ4n) is 4.71. The molecule has 0 bridgehead atoms. The van der Waals surface area contributed by atoms with Crippen LogP contribution in [0.2, 0.25) is 0 Å². The summed E-state index contributed by atoms with van der Waals surface area (Å²) in [6, 6.07) is 5.97. The number of nitrogens with zero attached hydrogens (tertiary/aromatic N) is 3. The summed E-state index contributed by atoms with van der Waals surface area (Å²) in [5, 5.41) is 32.8. The zero-order valence-electron chi connectivity index (χ0n) is 20.9. The SMILES string of the molecule is O=S(=O)(c1ccc(F)cc1)N1c2ccc(C(O)(C(F)(F)F)C(F)(F)F)cc2CCC1Cc1ccn(CC(O)CO)n1. The van der Waals surface area contributed by atoms with Crippen LogP contribution in [0.25, 0.3) is 0 Å². The number of halogens is 7. The first-order chi connectivity index (χ1) is 19.0. The second-order valence-corrected chi connectivity index (χ2v) is 11.4. The van der Waals surface area contributed by atoms with E-state index >= 15 is 0 Å². The highest BCUT2D eigenvalue weighted by Gasteiger charge is 2.71. The van der Waals surface area contributed by atoms with Gasteiger partial charge in [0.05, 0.1) is 41.6 Å². The molecule has 0 spiro atoms. The maximum atomic E-state index is 13.8. The quantitative estimate of drug-likeness (QED) is 0.337. The Morgan fingerprint density at radius 3 is 2.22 bits per heavy atom. The lowest BCUT2D eigenvalue weighted by Crippen LogP contribution is -2.54. The molecular weight excluding hydrogens is 587 g/mol. The van der Waals surface area contributed by atoms with Crippen LogP contribution in [0, 0.1) is 5.82 Å². The molecule has 1 aromatic heterocycles. The van der Waals surface area contributed by atoms with Crippen molar-refractivity contribution < 1.29 is 54.5 Å². The Morgan fingerprint density at radius 2 is 1.63 bits per heavy atom. The molecule has 1 aliphatic heterocycles. The number of fused-ring (bicyclic) bond motifs is 1. The van der Waals surface area contributed by atoms with Gasteiger partial charge in [-0.25, -0.2) is 12.8 Å². The molecule has 2 unspecified atom stereocenters. The number of hydrogen-bond donors (Lipinski definition) is 3. The van der Waals surface area contributed by atoms with Crippen LogP contribution in [0.4, 0.5) is 36.4 Å². The lowest BCUT2D eigenvalue weighted by molar-refractivity contribution is -0.376. The van der Waals surface area contributed by atoms with Crippen LogP contribution >= 0.6 is 0 Å². The summed E-state index contributed by atoms with van der Waals surface area (Å²) in [6.07, 6.45) is -12.1. The average Bonchev–Trinajstić information content (AvgIpc) is 3.32. The van der Waals surface area contributed by atoms with Crippen molar-refractivity contribution in [3.05, 3.63) is 77.4 Å². The van der Waals surface area contributed by atoms with Crippen LogP contribution in [0.15, 0.2) is 59.6 Å². The van der Waals surface area contributed by atoms with Crippen LogP contribution in [0.1, 0.15) is 23.2 Å². The van der Waals surface area contributed by atoms with E-state index in [9.17, 15) is 49.4 Å². The monoisotopic (exact) mass is 611 g/mol. The topological polar surface area (TPSA) is 116 Å². The van der Waals surface area contributed by atoms with Crippen LogP contribution in [0.3, 0.4) is 0 Å². The standard InChI is InChI=1S/C25H24F7N3O5S/c26-17-3-6-21(7-4-17)41(39,40)35-19(12-18-9-10-34(33-18)13-20(37)14-36)5-1-15-11-16(2-8-22(15)35)23(38,24(27,28)29)25(30,31)32/h2-4,6-11,19-20,36-38H,1,5,12-14H2. The fourth-order valence-corrected chi connectivity index (χ4v) is 6.43. The highest BCUT2D eigenvalue weighted by Crippen LogP contribution is 2.51. The molecule has 8 nitrogen and oxygen atoms in total. The third-order valence-electron chi connectivity index (χ3n) is 6.75. The predicted octanol–water partition coefficient (Wildman–Crippen LogP) is 3.44. The van der Waals surface area contributed by atoms with Gasteiger partial charge in [0.2, 0.25) is 0 Å². The van der Waals surface area contributed by atoms with E-state index in [0.29, 0.717) is 17.8 Å². The van der Waals surface area contributed by atoms with Gasteiger partial charge >= 0.3 is 12.4 Å². The highest BCUT2D eigenvalue weighted by molar-refractivity contribution is 7.92. The zero-order chi connectivity index (χ0) is 30.4. The lowest BCUT2D eigenvalue weighted by Gasteiger charge is -2.39. The summed E-state index contributed by atoms with van der Waals surface area (Å²) in [6.45, 7) is -0.593. The van der Waals surface area contributed by atoms with Gasteiger partial charge in [0, 0.05) is 18.2 Å². The largest absolute Gasteiger partial charge is 0.430 e. The van der Waals surface area contributed by atoms with E-state index in [4.69, 9.17) is 5.11 Å². The van der Waals surface area contributed by atoms with Gasteiger partial charge in [0.25, 0.3) is 15.6 Å². The second kappa shape index (κ2) is 10.9. The molecule has 0 radical (unpaired) electrons. The first-order valence-corrected chi connectivity index (χ1v) is 13.5. The Bertz CT molecular complexity index is 1480. The molecule has 4 rings (SSSR count). The van der Waals surface area contributed by atoms with E-state index in [1.165, 1.54) is 16.9 Å². The van der Waals surface area contributed by atoms with Gasteiger partial charge in [-0.1, -0.05) is 12.1 Å². The predicted molar refractivity (Wildman–Crippen MR) is 130 cm³/mol. The van der Waals surface area contributed by atoms with E-state index in [1.807, 2.05) is 0 Å². The number of hydrogen-bond acceptors (Lipinski definition) is 6. The van der Waals surface area contributed by atoms with E-state index in [2.05, 4.69) is 5.10 Å². The molecule has 41 heavy (non-hydrogen) atoms. The van der Waals surface area contributed by atoms with Gasteiger partial charge in [0.1, 0.15) is 5.82 Å². The van der Waals surface area contributed by atoms with Crippen molar-refractivity contribution in [2.45, 2.75) is 60.8 Å². The van der Waals surface area contributed by atoms with Crippen molar-refractivity contribution in [2.24, 2.45) is 0 Å². The van der Waals surface area contributed by atoms with Crippen molar-refractivity contribution in [1.82, 2.24) is 9.78 Å². The van der Waals surface area contributed by atoms with Gasteiger partial charge in [-0.15, -0.1) is 0 Å². The number of sulfonamides is 1. The van der Waals surface area contributed by atoms with Crippen molar-refractivity contribution in [1.29, 1.82) is 0 Å². The maximum Gasteiger partial charge on any atom is 0.430 e. The van der Waals surface area contributed by atoms with Crippen molar-refractivity contribution >= 4 is 15.7 Å². The Labute approximate surface area is 229 Å². The summed E-state index contributed by atoms with van der Waals surface area (Å²) in [4.78, 5) is -0.375. The molecule has 0 saturated carbocycles. The van der Waals surface area contributed by atoms with Crippen LogP contribution in [-0.4, -0.2) is 64.6 Å². The normalized spacial score (nSPS) is 17.4. The number of aromatic nitrogens is 2. The summed E-state index contributed by atoms with van der Waals surface area (Å²) in [7, 11) is -4.53. The highest BCUT2D eigenvalue weighted by atomic mass is 32.2. The van der Waals surface area contributed by atoms with Gasteiger partial charge in [-0.2, -0.15) is 31.4 Å². The maximum absolute atomic E-state index is 13.8. The summed E-state index contributed by atoms with van der Waals surface area (Å²) >= 11 is 0. The number of aliphatic hydroxyl groups excluding tert-OH is 2. The Kier molecular flexibility index (Phi) is 8.16. The average molecular weight is 612 g/mol. The van der Waals surface area contributed by atoms with Crippen LogP contribution in [0.5, 0.6) is 0 Å². The summed E-state index contributed by atoms with van der Waals surface area (Å²) in [5.41, 5.74) is -6.76. The van der Waals surface area contributed by atoms with Crippen molar-refractivity contribution in [3.63, 3.8) is 0 Å². The molecule has 0 saturated heterocycles. The van der Waals surface area contributed by atoms with Crippen LogP contribution < -0.4 is 4.31 Å². The Balaban J connectivity index is 1.80. The molecule has 224 valence electrons. The van der Waals surface area contributed by atoms with Gasteiger partial charge in [-0.05, 0) is 54.8 Å². The van der Waals surface area contributed by atoms with E-state index in [0.717, 1.165) is 34.6 Å². The zero-order valence-corrected chi connectivity index (χ0v) is 21.8. The molecule has 2 atom stereocenters. The van der Waals surface area contributed by atoms with E-state index in [-0.39, 0.29) is 42.0 Å².